The van der Waals surface area contributed by atoms with Crippen LogP contribution in [0.15, 0.2) is 42.6 Å². The monoisotopic (exact) mass is 194 g/mol. The van der Waals surface area contributed by atoms with Gasteiger partial charge in [0.05, 0.1) is 0 Å². The first-order valence-corrected chi connectivity index (χ1v) is 6.83. The topological polar surface area (TPSA) is 9.23 Å². The predicted molar refractivity (Wildman–Crippen MR) is 58.5 cm³/mol. The summed E-state index contributed by atoms with van der Waals surface area (Å²) in [5.41, 5.74) is 3.37. The first-order valence-electron chi connectivity index (χ1n) is 4.06. The largest absolute Gasteiger partial charge is 0.463 e. The molecule has 0 aromatic heterocycles. The van der Waals surface area contributed by atoms with Crippen molar-refractivity contribution in [2.45, 2.75) is 6.04 Å². The summed E-state index contributed by atoms with van der Waals surface area (Å²) in [6.07, 6.45) is 0. The van der Waals surface area contributed by atoms with Gasteiger partial charge in [0.1, 0.15) is 10.5 Å². The lowest BCUT2D eigenvalue weighted by Crippen LogP contribution is -2.17. The first-order chi connectivity index (χ1) is 5.86. The van der Waals surface area contributed by atoms with Gasteiger partial charge in [-0.1, -0.05) is 36.0 Å². The summed E-state index contributed by atoms with van der Waals surface area (Å²) in [5, 5.41) is 0. The second-order valence-electron chi connectivity index (χ2n) is 2.70. The summed E-state index contributed by atoms with van der Waals surface area (Å²) in [6.45, 7) is 3.79. The average molecular weight is 194 g/mol. The van der Waals surface area contributed by atoms with Crippen LogP contribution < -0.4 is 0 Å². The van der Waals surface area contributed by atoms with Crippen LogP contribution in [-0.4, -0.2) is 19.5 Å². The van der Waals surface area contributed by atoms with Crippen LogP contribution >= 0.6 is 0 Å². The third kappa shape index (κ3) is 2.77. The van der Waals surface area contributed by atoms with Crippen LogP contribution in [0.25, 0.3) is 0 Å². The van der Waals surface area contributed by atoms with Gasteiger partial charge in [0.15, 0.2) is 9.04 Å². The minimum atomic E-state index is -1.09. The van der Waals surface area contributed by atoms with Crippen molar-refractivity contribution in [3.8, 4) is 0 Å². The molecular weight excluding hydrogens is 180 g/mol. The quantitative estimate of drug-likeness (QED) is 0.635. The van der Waals surface area contributed by atoms with E-state index < -0.39 is 9.04 Å². The van der Waals surface area contributed by atoms with Gasteiger partial charge in [-0.3, -0.25) is 0 Å². The summed E-state index contributed by atoms with van der Waals surface area (Å²) < 4.78 is 5.46. The lowest BCUT2D eigenvalue weighted by molar-refractivity contribution is 0.642. The van der Waals surface area contributed by atoms with Gasteiger partial charge in [-0.15, -0.1) is 6.58 Å². The van der Waals surface area contributed by atoms with E-state index in [4.69, 9.17) is 4.12 Å². The molecule has 0 saturated carbocycles. The van der Waals surface area contributed by atoms with Crippen LogP contribution in [0.2, 0.25) is 0 Å². The Hall–Kier alpha value is -0.646. The molecule has 0 N–H and O–H groups in total. The highest BCUT2D eigenvalue weighted by Crippen LogP contribution is 2.02. The van der Waals surface area contributed by atoms with Crippen LogP contribution in [0.1, 0.15) is 5.56 Å². The molecule has 0 aliphatic carbocycles. The number of benzene rings is 1. The maximum atomic E-state index is 5.46. The van der Waals surface area contributed by atoms with Gasteiger partial charge in [0.2, 0.25) is 0 Å². The first kappa shape index (κ1) is 9.44. The normalized spacial score (nSPS) is 12.7. The second kappa shape index (κ2) is 5.08. The molecule has 12 heavy (non-hydrogen) atoms. The zero-order chi connectivity index (χ0) is 8.81. The van der Waals surface area contributed by atoms with Crippen molar-refractivity contribution in [3.05, 3.63) is 48.2 Å². The molecule has 1 aromatic carbocycles. The molecule has 0 heterocycles. The molecular formula is C9H14OSi2. The molecule has 1 nitrogen and oxygen atoms in total. The Morgan fingerprint density at radius 1 is 1.42 bits per heavy atom. The van der Waals surface area contributed by atoms with Gasteiger partial charge < -0.3 is 4.12 Å². The maximum absolute atomic E-state index is 5.46. The molecule has 0 spiro atoms. The van der Waals surface area contributed by atoms with E-state index in [9.17, 15) is 0 Å². The number of hydrogen-bond donors (Lipinski definition) is 0. The summed E-state index contributed by atoms with van der Waals surface area (Å²) in [7, 11) is -0.260. The van der Waals surface area contributed by atoms with Crippen LogP contribution in [0.3, 0.4) is 0 Å². The van der Waals surface area contributed by atoms with Crippen molar-refractivity contribution in [2.24, 2.45) is 0 Å². The fraction of sp³-hybridized carbons (Fsp3) is 0.111. The Balaban J connectivity index is 2.56. The summed E-state index contributed by atoms with van der Waals surface area (Å²) in [5.74, 6) is 0. The molecule has 0 saturated heterocycles. The van der Waals surface area contributed by atoms with Crippen molar-refractivity contribution in [3.63, 3.8) is 0 Å². The standard InChI is InChI=1S/C9H14OSi2/c1-2-12(10-11)8-9-6-4-3-5-7-9/h2-7,12H,1,8H2,11H3. The molecule has 0 amide bonds. The molecule has 0 aliphatic heterocycles. The maximum Gasteiger partial charge on any atom is 0.191 e. The fourth-order valence-corrected chi connectivity index (χ4v) is 3.45. The van der Waals surface area contributed by atoms with E-state index in [1.807, 2.05) is 11.8 Å². The van der Waals surface area contributed by atoms with Gasteiger partial charge in [-0.2, -0.15) is 0 Å². The Morgan fingerprint density at radius 2 is 2.08 bits per heavy atom. The van der Waals surface area contributed by atoms with Crippen LogP contribution in [0.5, 0.6) is 0 Å². The summed E-state index contributed by atoms with van der Waals surface area (Å²) >= 11 is 0. The lowest BCUT2D eigenvalue weighted by atomic mass is 10.2. The van der Waals surface area contributed by atoms with E-state index in [0.717, 1.165) is 16.5 Å². The molecule has 0 bridgehead atoms. The van der Waals surface area contributed by atoms with Crippen LogP contribution in [0.4, 0.5) is 0 Å². The SMILES string of the molecule is C=C[SiH](Cc1ccccc1)O[SiH3]. The van der Waals surface area contributed by atoms with E-state index in [2.05, 4.69) is 30.8 Å². The molecule has 1 rings (SSSR count). The Labute approximate surface area is 78.3 Å². The van der Waals surface area contributed by atoms with Gasteiger partial charge in [-0.25, -0.2) is 0 Å². The molecule has 3 heteroatoms. The summed E-state index contributed by atoms with van der Waals surface area (Å²) in [4.78, 5) is 0. The van der Waals surface area contributed by atoms with Crippen molar-refractivity contribution >= 4 is 19.5 Å². The van der Waals surface area contributed by atoms with Crippen molar-refractivity contribution < 1.29 is 4.12 Å². The predicted octanol–water partition coefficient (Wildman–Crippen LogP) is 0.514. The van der Waals surface area contributed by atoms with Gasteiger partial charge in [-0.05, 0) is 11.6 Å². The van der Waals surface area contributed by atoms with Crippen LogP contribution in [0, 0.1) is 0 Å². The highest BCUT2D eigenvalue weighted by Gasteiger charge is 2.04. The van der Waals surface area contributed by atoms with E-state index in [1.54, 1.807) is 0 Å². The molecule has 1 aromatic rings. The smallest absolute Gasteiger partial charge is 0.191 e. The number of hydrogen-bond acceptors (Lipinski definition) is 1. The Morgan fingerprint density at radius 3 is 2.58 bits per heavy atom. The van der Waals surface area contributed by atoms with Crippen molar-refractivity contribution in [1.29, 1.82) is 0 Å². The molecule has 0 fully saturated rings. The van der Waals surface area contributed by atoms with E-state index in [0.29, 0.717) is 0 Å². The van der Waals surface area contributed by atoms with Crippen molar-refractivity contribution in [1.82, 2.24) is 0 Å². The third-order valence-corrected chi connectivity index (χ3v) is 5.67. The molecule has 0 aliphatic rings. The minimum Gasteiger partial charge on any atom is -0.463 e. The Bertz CT molecular complexity index is 236. The van der Waals surface area contributed by atoms with E-state index in [1.165, 1.54) is 5.56 Å². The van der Waals surface area contributed by atoms with E-state index >= 15 is 0 Å². The zero-order valence-electron chi connectivity index (χ0n) is 7.36. The lowest BCUT2D eigenvalue weighted by Gasteiger charge is -2.08. The molecule has 0 radical (unpaired) electrons. The number of rotatable bonds is 4. The van der Waals surface area contributed by atoms with Gasteiger partial charge in [0.25, 0.3) is 0 Å². The average Bonchev–Trinajstić information content (AvgIpc) is 2.16. The van der Waals surface area contributed by atoms with Crippen molar-refractivity contribution in [2.75, 3.05) is 0 Å². The van der Waals surface area contributed by atoms with Crippen LogP contribution in [-0.2, 0) is 10.2 Å². The van der Waals surface area contributed by atoms with Gasteiger partial charge in [0, 0.05) is 0 Å². The highest BCUT2D eigenvalue weighted by molar-refractivity contribution is 6.60. The van der Waals surface area contributed by atoms with E-state index in [-0.39, 0.29) is 0 Å². The second-order valence-corrected chi connectivity index (χ2v) is 6.54. The Kier molecular flexibility index (Phi) is 4.00. The molecule has 1 atom stereocenters. The summed E-state index contributed by atoms with van der Waals surface area (Å²) in [6, 6.07) is 11.5. The third-order valence-electron chi connectivity index (χ3n) is 1.85. The minimum absolute atomic E-state index is 0.833. The molecule has 1 unspecified atom stereocenters. The highest BCUT2D eigenvalue weighted by atomic mass is 28.3. The molecule has 64 valence electrons. The van der Waals surface area contributed by atoms with Gasteiger partial charge >= 0.3 is 0 Å². The zero-order valence-corrected chi connectivity index (χ0v) is 10.5. The fourth-order valence-electron chi connectivity index (χ4n) is 1.11.